The van der Waals surface area contributed by atoms with Crippen molar-refractivity contribution >= 4 is 17.8 Å². The van der Waals surface area contributed by atoms with E-state index in [2.05, 4.69) is 23.7 Å². The number of nitrogens with one attached hydrogen (secondary N) is 1. The molecule has 5 rings (SSSR count). The predicted octanol–water partition coefficient (Wildman–Crippen LogP) is 3.38. The van der Waals surface area contributed by atoms with Crippen LogP contribution in [0.25, 0.3) is 0 Å². The molecule has 9 nitrogen and oxygen atoms in total. The first-order chi connectivity index (χ1) is 19.0. The molecular weight excluding hydrogens is 494 g/mol. The first kappa shape index (κ1) is 26.5. The number of ether oxygens (including phenoxy) is 1. The van der Waals surface area contributed by atoms with E-state index < -0.39 is 6.04 Å². The summed E-state index contributed by atoms with van der Waals surface area (Å²) in [5.74, 6) is 1.20. The molecular formula is C30H35N5O4. The second-order valence-corrected chi connectivity index (χ2v) is 9.92. The molecule has 1 unspecified atom stereocenters. The van der Waals surface area contributed by atoms with Crippen LogP contribution in [0.3, 0.4) is 0 Å². The molecule has 1 N–H and O–H groups in total. The number of carbonyl (C=O) groups excluding carboxylic acids is 3. The summed E-state index contributed by atoms with van der Waals surface area (Å²) >= 11 is 0. The Balaban J connectivity index is 1.33. The molecule has 0 aliphatic carbocycles. The van der Waals surface area contributed by atoms with Crippen molar-refractivity contribution in [3.63, 3.8) is 0 Å². The largest absolute Gasteiger partial charge is 0.457 e. The van der Waals surface area contributed by atoms with Gasteiger partial charge in [0, 0.05) is 45.7 Å². The van der Waals surface area contributed by atoms with Gasteiger partial charge in [-0.05, 0) is 36.4 Å². The van der Waals surface area contributed by atoms with Crippen LogP contribution in [0.15, 0.2) is 78.5 Å². The summed E-state index contributed by atoms with van der Waals surface area (Å²) in [6.07, 6.45) is 1.90. The highest BCUT2D eigenvalue weighted by Crippen LogP contribution is 2.37. The Bertz CT molecular complexity index is 1270. The van der Waals surface area contributed by atoms with Gasteiger partial charge >= 0.3 is 6.03 Å². The van der Waals surface area contributed by atoms with E-state index in [9.17, 15) is 14.4 Å². The second-order valence-electron chi connectivity index (χ2n) is 9.92. The summed E-state index contributed by atoms with van der Waals surface area (Å²) in [6, 6.07) is 16.0. The number of rotatable bonds is 9. The van der Waals surface area contributed by atoms with Gasteiger partial charge < -0.3 is 24.8 Å². The maximum Gasteiger partial charge on any atom is 0.322 e. The summed E-state index contributed by atoms with van der Waals surface area (Å²) < 4.78 is 6.00. The van der Waals surface area contributed by atoms with Gasteiger partial charge in [-0.25, -0.2) is 4.79 Å². The minimum absolute atomic E-state index is 0.0582. The van der Waals surface area contributed by atoms with Crippen molar-refractivity contribution in [1.29, 1.82) is 0 Å². The van der Waals surface area contributed by atoms with Gasteiger partial charge in [-0.1, -0.05) is 43.3 Å². The van der Waals surface area contributed by atoms with Gasteiger partial charge in [0.05, 0.1) is 23.9 Å². The summed E-state index contributed by atoms with van der Waals surface area (Å²) in [7, 11) is 0. The molecule has 3 aliphatic rings. The van der Waals surface area contributed by atoms with Gasteiger partial charge in [0.2, 0.25) is 5.91 Å². The lowest BCUT2D eigenvalue weighted by atomic mass is 9.95. The zero-order valence-corrected chi connectivity index (χ0v) is 22.3. The first-order valence-electron chi connectivity index (χ1n) is 13.5. The summed E-state index contributed by atoms with van der Waals surface area (Å²) in [5, 5.41) is 3.01. The molecule has 3 aliphatic heterocycles. The molecule has 1 atom stereocenters. The van der Waals surface area contributed by atoms with Crippen molar-refractivity contribution in [2.24, 2.45) is 0 Å². The Morgan fingerprint density at radius 2 is 1.79 bits per heavy atom. The van der Waals surface area contributed by atoms with Gasteiger partial charge in [-0.3, -0.25) is 14.5 Å². The Morgan fingerprint density at radius 3 is 2.51 bits per heavy atom. The highest BCUT2D eigenvalue weighted by molar-refractivity contribution is 6.01. The molecule has 0 saturated carbocycles. The first-order valence-corrected chi connectivity index (χ1v) is 13.5. The van der Waals surface area contributed by atoms with E-state index in [1.165, 1.54) is 0 Å². The lowest BCUT2D eigenvalue weighted by Gasteiger charge is -2.34. The topological polar surface area (TPSA) is 85.4 Å². The number of urea groups is 1. The fourth-order valence-electron chi connectivity index (χ4n) is 5.39. The number of para-hydroxylation sites is 1. The number of benzene rings is 2. The van der Waals surface area contributed by atoms with E-state index >= 15 is 0 Å². The van der Waals surface area contributed by atoms with Crippen molar-refractivity contribution < 1.29 is 19.1 Å². The van der Waals surface area contributed by atoms with Gasteiger partial charge in [0.25, 0.3) is 5.91 Å². The monoisotopic (exact) mass is 529 g/mol. The van der Waals surface area contributed by atoms with Crippen molar-refractivity contribution in [3.8, 4) is 11.5 Å². The van der Waals surface area contributed by atoms with Crippen LogP contribution < -0.4 is 10.1 Å². The van der Waals surface area contributed by atoms with E-state index in [0.717, 1.165) is 25.2 Å². The van der Waals surface area contributed by atoms with Gasteiger partial charge in [0.15, 0.2) is 0 Å². The van der Waals surface area contributed by atoms with Crippen molar-refractivity contribution in [1.82, 2.24) is 24.9 Å². The summed E-state index contributed by atoms with van der Waals surface area (Å²) in [6.45, 7) is 10.9. The number of amides is 4. The summed E-state index contributed by atoms with van der Waals surface area (Å²) in [5.41, 5.74) is 1.94. The zero-order valence-electron chi connectivity index (χ0n) is 22.3. The van der Waals surface area contributed by atoms with E-state index in [-0.39, 0.29) is 37.4 Å². The molecule has 9 heteroatoms. The number of piperazine rings is 1. The number of likely N-dealkylation sites (N-methyl/N-ethyl adjacent to an activating group) is 1. The molecule has 39 heavy (non-hydrogen) atoms. The fraction of sp³-hybridized carbons (Fsp3) is 0.367. The molecule has 2 aromatic rings. The van der Waals surface area contributed by atoms with E-state index in [0.29, 0.717) is 42.4 Å². The molecule has 0 bridgehead atoms. The van der Waals surface area contributed by atoms with Crippen LogP contribution in [0.5, 0.6) is 11.5 Å². The third kappa shape index (κ3) is 5.68. The standard InChI is InChI=1S/C30H35N5O4/c1-3-14-35-25-21-34(15-13-26(36)33-18-16-32(4-2)17-19-33)29(37)27(25)28(31-30(35)38)22-9-8-12-24(20-22)39-23-10-6-5-7-11-23/h3,5-12,20,28H,1,4,13-19,21H2,2H3,(H,31,38). The van der Waals surface area contributed by atoms with E-state index in [4.69, 9.17) is 4.74 Å². The highest BCUT2D eigenvalue weighted by atomic mass is 16.5. The number of hydrogen-bond acceptors (Lipinski definition) is 5. The third-order valence-electron chi connectivity index (χ3n) is 7.55. The van der Waals surface area contributed by atoms with Gasteiger partial charge in [-0.2, -0.15) is 0 Å². The van der Waals surface area contributed by atoms with Crippen LogP contribution in [0.4, 0.5) is 4.79 Å². The van der Waals surface area contributed by atoms with Crippen molar-refractivity contribution in [2.45, 2.75) is 19.4 Å². The van der Waals surface area contributed by atoms with Gasteiger partial charge in [-0.15, -0.1) is 6.58 Å². The van der Waals surface area contributed by atoms with Crippen LogP contribution in [0.2, 0.25) is 0 Å². The lowest BCUT2D eigenvalue weighted by Crippen LogP contribution is -2.49. The minimum Gasteiger partial charge on any atom is -0.457 e. The molecule has 0 aromatic heterocycles. The molecule has 1 fully saturated rings. The third-order valence-corrected chi connectivity index (χ3v) is 7.55. The Morgan fingerprint density at radius 1 is 1.05 bits per heavy atom. The zero-order chi connectivity index (χ0) is 27.4. The van der Waals surface area contributed by atoms with E-state index in [1.54, 1.807) is 15.9 Å². The maximum atomic E-state index is 13.7. The Kier molecular flexibility index (Phi) is 7.97. The fourth-order valence-corrected chi connectivity index (χ4v) is 5.39. The molecule has 4 amide bonds. The quantitative estimate of drug-likeness (QED) is 0.504. The number of hydrogen-bond donors (Lipinski definition) is 1. The van der Waals surface area contributed by atoms with Crippen molar-refractivity contribution in [3.05, 3.63) is 84.1 Å². The number of carbonyl (C=O) groups is 3. The molecule has 204 valence electrons. The van der Waals surface area contributed by atoms with E-state index in [1.807, 2.05) is 59.5 Å². The van der Waals surface area contributed by atoms with Crippen LogP contribution >= 0.6 is 0 Å². The molecule has 2 aromatic carbocycles. The molecule has 0 radical (unpaired) electrons. The van der Waals surface area contributed by atoms with Crippen LogP contribution in [0, 0.1) is 0 Å². The van der Waals surface area contributed by atoms with Crippen LogP contribution in [0.1, 0.15) is 24.9 Å². The minimum atomic E-state index is -0.622. The lowest BCUT2D eigenvalue weighted by molar-refractivity contribution is -0.134. The van der Waals surface area contributed by atoms with Crippen LogP contribution in [-0.4, -0.2) is 89.8 Å². The van der Waals surface area contributed by atoms with Crippen LogP contribution in [-0.2, 0) is 9.59 Å². The summed E-state index contributed by atoms with van der Waals surface area (Å²) in [4.78, 5) is 47.2. The van der Waals surface area contributed by atoms with Gasteiger partial charge in [0.1, 0.15) is 11.5 Å². The Labute approximate surface area is 229 Å². The number of nitrogens with zero attached hydrogens (tertiary/aromatic N) is 4. The molecule has 0 spiro atoms. The molecule has 3 heterocycles. The molecule has 1 saturated heterocycles. The average molecular weight is 530 g/mol. The predicted molar refractivity (Wildman–Crippen MR) is 148 cm³/mol. The Hall–Kier alpha value is -4.11. The SMILES string of the molecule is C=CCN1C(=O)NC(c2cccc(Oc3ccccc3)c2)C2=C1CN(CCC(=O)N1CCN(CC)CC1)C2=O. The second kappa shape index (κ2) is 11.7. The normalized spacial score (nSPS) is 19.7. The smallest absolute Gasteiger partial charge is 0.322 e. The van der Waals surface area contributed by atoms with Crippen molar-refractivity contribution in [2.75, 3.05) is 52.4 Å². The highest BCUT2D eigenvalue weighted by Gasteiger charge is 2.43. The maximum absolute atomic E-state index is 13.7. The average Bonchev–Trinajstić information content (AvgIpc) is 3.29.